The normalized spacial score (nSPS) is 10.9. The zero-order valence-electron chi connectivity index (χ0n) is 9.75. The molecule has 1 heterocycles. The smallest absolute Gasteiger partial charge is 0.433 e. The molecule has 9 heteroatoms. The molecular formula is C10H10F3N3O2S. The van der Waals surface area contributed by atoms with Gasteiger partial charge in [0.15, 0.2) is 0 Å². The number of anilines is 1. The van der Waals surface area contributed by atoms with Crippen molar-refractivity contribution in [3.05, 3.63) is 23.4 Å². The molecule has 5 nitrogen and oxygen atoms in total. The summed E-state index contributed by atoms with van der Waals surface area (Å²) in [5, 5.41) is 2.40. The summed E-state index contributed by atoms with van der Waals surface area (Å²) in [7, 11) is 1.15. The van der Waals surface area contributed by atoms with E-state index >= 15 is 0 Å². The second kappa shape index (κ2) is 5.83. The summed E-state index contributed by atoms with van der Waals surface area (Å²) in [4.78, 5) is 14.2. The summed E-state index contributed by atoms with van der Waals surface area (Å²) in [5.41, 5.74) is 4.37. The number of carbonyl (C=O) groups is 1. The lowest BCUT2D eigenvalue weighted by Gasteiger charge is -2.12. The van der Waals surface area contributed by atoms with Gasteiger partial charge in [0.1, 0.15) is 23.0 Å². The first-order valence-electron chi connectivity index (χ1n) is 4.94. The van der Waals surface area contributed by atoms with E-state index in [1.807, 2.05) is 0 Å². The fourth-order valence-corrected chi connectivity index (χ4v) is 1.34. The molecule has 1 aromatic heterocycles. The van der Waals surface area contributed by atoms with E-state index in [0.717, 1.165) is 19.2 Å². The Bertz CT molecular complexity index is 505. The van der Waals surface area contributed by atoms with Gasteiger partial charge in [0.2, 0.25) is 0 Å². The summed E-state index contributed by atoms with van der Waals surface area (Å²) >= 11 is 4.69. The number of pyridine rings is 1. The van der Waals surface area contributed by atoms with Crippen molar-refractivity contribution in [3.8, 4) is 0 Å². The summed E-state index contributed by atoms with van der Waals surface area (Å²) in [6, 6.07) is 1.86. The SMILES string of the molecule is COC(=O)CNc1nc(C(F)(F)F)ccc1C(N)=S. The van der Waals surface area contributed by atoms with Crippen molar-refractivity contribution in [2.45, 2.75) is 6.18 Å². The van der Waals surface area contributed by atoms with Crippen LogP contribution in [0.4, 0.5) is 19.0 Å². The Morgan fingerprint density at radius 1 is 1.53 bits per heavy atom. The number of nitrogens with two attached hydrogens (primary N) is 1. The number of esters is 1. The van der Waals surface area contributed by atoms with Crippen LogP contribution in [0.2, 0.25) is 0 Å². The standard InChI is InChI=1S/C10H10F3N3O2S/c1-18-7(17)4-15-9-5(8(14)19)2-3-6(16-9)10(11,12)13/h2-3H,4H2,1H3,(H2,14,19)(H,15,16). The highest BCUT2D eigenvalue weighted by Gasteiger charge is 2.33. The van der Waals surface area contributed by atoms with Crippen molar-refractivity contribution in [3.63, 3.8) is 0 Å². The van der Waals surface area contributed by atoms with Gasteiger partial charge in [-0.3, -0.25) is 4.79 Å². The highest BCUT2D eigenvalue weighted by Crippen LogP contribution is 2.29. The van der Waals surface area contributed by atoms with Crippen LogP contribution in [0.3, 0.4) is 0 Å². The first-order chi connectivity index (χ1) is 8.75. The molecule has 0 aliphatic rings. The average Bonchev–Trinajstić information content (AvgIpc) is 2.34. The van der Waals surface area contributed by atoms with E-state index in [1.165, 1.54) is 0 Å². The van der Waals surface area contributed by atoms with Crippen LogP contribution in [-0.4, -0.2) is 29.6 Å². The van der Waals surface area contributed by atoms with E-state index in [2.05, 4.69) is 15.0 Å². The molecule has 1 rings (SSSR count). The molecule has 0 unspecified atom stereocenters. The van der Waals surface area contributed by atoms with E-state index < -0.39 is 17.8 Å². The van der Waals surface area contributed by atoms with Gasteiger partial charge in [-0.25, -0.2) is 4.98 Å². The fraction of sp³-hybridized carbons (Fsp3) is 0.300. The molecule has 1 aromatic rings. The number of carbonyl (C=O) groups excluding carboxylic acids is 1. The van der Waals surface area contributed by atoms with Crippen molar-refractivity contribution in [2.24, 2.45) is 5.73 Å². The average molecular weight is 293 g/mol. The number of nitrogens with zero attached hydrogens (tertiary/aromatic N) is 1. The quantitative estimate of drug-likeness (QED) is 0.644. The van der Waals surface area contributed by atoms with Gasteiger partial charge >= 0.3 is 12.1 Å². The van der Waals surface area contributed by atoms with Crippen LogP contribution >= 0.6 is 12.2 Å². The van der Waals surface area contributed by atoms with E-state index in [4.69, 9.17) is 18.0 Å². The molecule has 0 saturated heterocycles. The molecule has 0 spiro atoms. The van der Waals surface area contributed by atoms with Crippen LogP contribution < -0.4 is 11.1 Å². The van der Waals surface area contributed by atoms with Crippen LogP contribution in [0.1, 0.15) is 11.3 Å². The molecule has 0 radical (unpaired) electrons. The number of aromatic nitrogens is 1. The zero-order chi connectivity index (χ0) is 14.6. The molecule has 0 amide bonds. The minimum absolute atomic E-state index is 0.118. The Kier molecular flexibility index (Phi) is 4.65. The molecule has 3 N–H and O–H groups in total. The van der Waals surface area contributed by atoms with Crippen LogP contribution in [0.5, 0.6) is 0 Å². The number of methoxy groups -OCH3 is 1. The molecule has 0 bridgehead atoms. The molecule has 19 heavy (non-hydrogen) atoms. The van der Waals surface area contributed by atoms with Crippen LogP contribution in [0.25, 0.3) is 0 Å². The monoisotopic (exact) mass is 293 g/mol. The maximum absolute atomic E-state index is 12.5. The Morgan fingerprint density at radius 3 is 2.63 bits per heavy atom. The minimum Gasteiger partial charge on any atom is -0.468 e. The number of nitrogens with one attached hydrogen (secondary N) is 1. The number of hydrogen-bond acceptors (Lipinski definition) is 5. The van der Waals surface area contributed by atoms with Crippen LogP contribution in [0, 0.1) is 0 Å². The number of hydrogen-bond donors (Lipinski definition) is 2. The maximum atomic E-state index is 12.5. The molecule has 0 saturated carbocycles. The third kappa shape index (κ3) is 4.05. The second-order valence-electron chi connectivity index (χ2n) is 3.38. The van der Waals surface area contributed by atoms with E-state index in [-0.39, 0.29) is 22.9 Å². The van der Waals surface area contributed by atoms with Crippen LogP contribution in [0.15, 0.2) is 12.1 Å². The molecule has 0 aliphatic carbocycles. The molecule has 0 aliphatic heterocycles. The topological polar surface area (TPSA) is 77.2 Å². The number of ether oxygens (including phenoxy) is 1. The lowest BCUT2D eigenvalue weighted by Crippen LogP contribution is -2.21. The lowest BCUT2D eigenvalue weighted by atomic mass is 10.2. The number of alkyl halides is 3. The summed E-state index contributed by atoms with van der Waals surface area (Å²) < 4.78 is 41.9. The first kappa shape index (κ1) is 15.2. The highest BCUT2D eigenvalue weighted by atomic mass is 32.1. The van der Waals surface area contributed by atoms with Gasteiger partial charge in [0, 0.05) is 0 Å². The number of halogens is 3. The van der Waals surface area contributed by atoms with Crippen molar-refractivity contribution >= 4 is 29.0 Å². The van der Waals surface area contributed by atoms with Gasteiger partial charge in [0.05, 0.1) is 12.7 Å². The van der Waals surface area contributed by atoms with Gasteiger partial charge in [-0.15, -0.1) is 0 Å². The van der Waals surface area contributed by atoms with Gasteiger partial charge in [-0.2, -0.15) is 13.2 Å². The molecule has 104 valence electrons. The largest absolute Gasteiger partial charge is 0.468 e. The van der Waals surface area contributed by atoms with Gasteiger partial charge in [0.25, 0.3) is 0 Å². The Morgan fingerprint density at radius 2 is 2.16 bits per heavy atom. The van der Waals surface area contributed by atoms with E-state index in [1.54, 1.807) is 0 Å². The first-order valence-corrected chi connectivity index (χ1v) is 5.35. The lowest BCUT2D eigenvalue weighted by molar-refractivity contribution is -0.141. The molecule has 0 aromatic carbocycles. The summed E-state index contributed by atoms with van der Waals surface area (Å²) in [6.07, 6.45) is -4.60. The molecule has 0 fully saturated rings. The van der Waals surface area contributed by atoms with Crippen LogP contribution in [-0.2, 0) is 15.7 Å². The third-order valence-corrected chi connectivity index (χ3v) is 2.30. The van der Waals surface area contributed by atoms with E-state index in [0.29, 0.717) is 0 Å². The minimum atomic E-state index is -4.60. The number of thiocarbonyl (C=S) groups is 1. The Labute approximate surface area is 111 Å². The predicted octanol–water partition coefficient (Wildman–Crippen LogP) is 1.32. The van der Waals surface area contributed by atoms with Gasteiger partial charge < -0.3 is 15.8 Å². The zero-order valence-corrected chi connectivity index (χ0v) is 10.6. The highest BCUT2D eigenvalue weighted by molar-refractivity contribution is 7.80. The van der Waals surface area contributed by atoms with Crippen molar-refractivity contribution in [2.75, 3.05) is 19.0 Å². The predicted molar refractivity (Wildman–Crippen MR) is 65.6 cm³/mol. The fourth-order valence-electron chi connectivity index (χ4n) is 1.18. The van der Waals surface area contributed by atoms with Gasteiger partial charge in [-0.1, -0.05) is 12.2 Å². The van der Waals surface area contributed by atoms with Crippen molar-refractivity contribution in [1.82, 2.24) is 4.98 Å². The van der Waals surface area contributed by atoms with Gasteiger partial charge in [-0.05, 0) is 12.1 Å². The van der Waals surface area contributed by atoms with Crippen molar-refractivity contribution < 1.29 is 22.7 Å². The third-order valence-electron chi connectivity index (χ3n) is 2.08. The van der Waals surface area contributed by atoms with Crippen molar-refractivity contribution in [1.29, 1.82) is 0 Å². The van der Waals surface area contributed by atoms with E-state index in [9.17, 15) is 18.0 Å². The molecular weight excluding hydrogens is 283 g/mol. The maximum Gasteiger partial charge on any atom is 0.433 e. The second-order valence-corrected chi connectivity index (χ2v) is 3.82. The molecule has 0 atom stereocenters. The summed E-state index contributed by atoms with van der Waals surface area (Å²) in [6.45, 7) is -0.347. The summed E-state index contributed by atoms with van der Waals surface area (Å²) in [5.74, 6) is -0.874. The number of rotatable bonds is 4. The Hall–Kier alpha value is -1.90. The Balaban J connectivity index is 3.09.